The van der Waals surface area contributed by atoms with Gasteiger partial charge in [0.1, 0.15) is 6.33 Å². The van der Waals surface area contributed by atoms with E-state index < -0.39 is 6.04 Å². The van der Waals surface area contributed by atoms with Crippen molar-refractivity contribution in [3.05, 3.63) is 24.3 Å². The highest BCUT2D eigenvalue weighted by Gasteiger charge is 2.21. The van der Waals surface area contributed by atoms with Crippen molar-refractivity contribution in [2.75, 3.05) is 0 Å². The van der Waals surface area contributed by atoms with E-state index in [0.29, 0.717) is 18.4 Å². The van der Waals surface area contributed by atoms with Crippen LogP contribution in [0.25, 0.3) is 0 Å². The summed E-state index contributed by atoms with van der Waals surface area (Å²) in [6.45, 7) is 1.85. The van der Waals surface area contributed by atoms with Crippen molar-refractivity contribution < 1.29 is 9.59 Å². The second kappa shape index (κ2) is 7.58. The monoisotopic (exact) mass is 377 g/mol. The summed E-state index contributed by atoms with van der Waals surface area (Å²) in [5.74, 6) is -0.363. The number of rotatable bonds is 6. The quantitative estimate of drug-likeness (QED) is 0.769. The van der Waals surface area contributed by atoms with Crippen LogP contribution in [0.4, 0.5) is 0 Å². The highest BCUT2D eigenvalue weighted by atomic mass is 79.9. The highest BCUT2D eigenvalue weighted by molar-refractivity contribution is 9.24. The van der Waals surface area contributed by atoms with E-state index in [1.165, 1.54) is 18.7 Å². The molecule has 0 aromatic carbocycles. The number of nitrogens with zero attached hydrogens (tertiary/aromatic N) is 2. The number of nitrogens with one attached hydrogen (secondary N) is 1. The van der Waals surface area contributed by atoms with Gasteiger partial charge in [0.25, 0.3) is 5.91 Å². The van der Waals surface area contributed by atoms with Crippen LogP contribution in [0.5, 0.6) is 0 Å². The van der Waals surface area contributed by atoms with E-state index in [4.69, 9.17) is 0 Å². The molecule has 0 aliphatic heterocycles. The number of amides is 1. The lowest BCUT2D eigenvalue weighted by molar-refractivity contribution is -0.120. The molecule has 1 unspecified atom stereocenters. The summed E-state index contributed by atoms with van der Waals surface area (Å²) in [7, 11) is 0. The van der Waals surface area contributed by atoms with Crippen molar-refractivity contribution in [2.24, 2.45) is 0 Å². The van der Waals surface area contributed by atoms with E-state index in [9.17, 15) is 9.59 Å². The summed E-state index contributed by atoms with van der Waals surface area (Å²) >= 11 is 6.49. The van der Waals surface area contributed by atoms with E-state index in [0.717, 1.165) is 0 Å². The average Bonchev–Trinajstić information content (AvgIpc) is 2.35. The minimum Gasteiger partial charge on any atom is -0.342 e. The molecule has 1 aromatic heterocycles. The standard InChI is InChI=1S/C11H13Br2N3O2/c1-2-8(9(17)3-10(12)13)16-11(18)7-4-14-6-15-5-7/h4-6,8,10H,2-3H2,1H3,(H,16,18). The van der Waals surface area contributed by atoms with Gasteiger partial charge in [-0.2, -0.15) is 0 Å². The first-order valence-corrected chi connectivity index (χ1v) is 7.24. The predicted molar refractivity (Wildman–Crippen MR) is 74.8 cm³/mol. The third-order valence-electron chi connectivity index (χ3n) is 2.28. The molecular formula is C11H13Br2N3O2. The minimum absolute atomic E-state index is 0.0264. The Morgan fingerprint density at radius 1 is 1.33 bits per heavy atom. The smallest absolute Gasteiger partial charge is 0.254 e. The topological polar surface area (TPSA) is 72.0 Å². The van der Waals surface area contributed by atoms with Crippen molar-refractivity contribution >= 4 is 43.6 Å². The Bertz CT molecular complexity index is 412. The Morgan fingerprint density at radius 3 is 2.44 bits per heavy atom. The van der Waals surface area contributed by atoms with Crippen molar-refractivity contribution in [2.45, 2.75) is 29.5 Å². The van der Waals surface area contributed by atoms with Gasteiger partial charge in [0, 0.05) is 18.8 Å². The van der Waals surface area contributed by atoms with Crippen LogP contribution in [0.2, 0.25) is 0 Å². The fraction of sp³-hybridized carbons (Fsp3) is 0.455. The van der Waals surface area contributed by atoms with E-state index in [1.54, 1.807) is 0 Å². The third kappa shape index (κ3) is 4.81. The summed E-state index contributed by atoms with van der Waals surface area (Å²) in [6, 6.07) is -0.490. The van der Waals surface area contributed by atoms with E-state index in [-0.39, 0.29) is 15.4 Å². The molecule has 1 heterocycles. The number of alkyl halides is 2. The van der Waals surface area contributed by atoms with Gasteiger partial charge < -0.3 is 5.32 Å². The second-order valence-electron chi connectivity index (χ2n) is 3.62. The SMILES string of the molecule is CCC(NC(=O)c1cncnc1)C(=O)CC(Br)Br. The zero-order valence-electron chi connectivity index (χ0n) is 9.77. The maximum Gasteiger partial charge on any atom is 0.254 e. The van der Waals surface area contributed by atoms with Gasteiger partial charge in [-0.25, -0.2) is 9.97 Å². The number of halogens is 2. The Balaban J connectivity index is 2.64. The molecule has 0 spiro atoms. The van der Waals surface area contributed by atoms with Gasteiger partial charge in [0.15, 0.2) is 5.78 Å². The number of ketones is 1. The van der Waals surface area contributed by atoms with Gasteiger partial charge in [-0.05, 0) is 6.42 Å². The summed E-state index contributed by atoms with van der Waals surface area (Å²) in [5, 5.41) is 2.68. The summed E-state index contributed by atoms with van der Waals surface area (Å²) < 4.78 is -0.0801. The lowest BCUT2D eigenvalue weighted by Crippen LogP contribution is -2.40. The molecule has 0 fully saturated rings. The molecule has 1 N–H and O–H groups in total. The molecule has 1 amide bonds. The number of hydrogen-bond acceptors (Lipinski definition) is 4. The number of Topliss-reactive ketones (excluding diaryl/α,β-unsaturated/α-hetero) is 1. The molecule has 0 saturated carbocycles. The zero-order valence-corrected chi connectivity index (χ0v) is 12.9. The maximum absolute atomic E-state index is 11.8. The number of hydrogen-bond donors (Lipinski definition) is 1. The first-order chi connectivity index (χ1) is 8.54. The van der Waals surface area contributed by atoms with Crippen molar-refractivity contribution in [1.82, 2.24) is 15.3 Å². The van der Waals surface area contributed by atoms with Gasteiger partial charge >= 0.3 is 0 Å². The first kappa shape index (κ1) is 15.2. The second-order valence-corrected chi connectivity index (χ2v) is 7.06. The first-order valence-electron chi connectivity index (χ1n) is 5.41. The van der Waals surface area contributed by atoms with Gasteiger partial charge in [-0.15, -0.1) is 0 Å². The van der Waals surface area contributed by atoms with Crippen LogP contribution >= 0.6 is 31.9 Å². The van der Waals surface area contributed by atoms with Gasteiger partial charge in [0.05, 0.1) is 15.3 Å². The molecule has 0 radical (unpaired) electrons. The van der Waals surface area contributed by atoms with Crippen molar-refractivity contribution in [3.8, 4) is 0 Å². The van der Waals surface area contributed by atoms with Crippen LogP contribution in [-0.2, 0) is 4.79 Å². The van der Waals surface area contributed by atoms with Gasteiger partial charge in [-0.1, -0.05) is 38.8 Å². The molecule has 5 nitrogen and oxygen atoms in total. The lowest BCUT2D eigenvalue weighted by atomic mass is 10.1. The number of carbonyl (C=O) groups excluding carboxylic acids is 2. The summed E-state index contributed by atoms with van der Waals surface area (Å²) in [4.78, 5) is 31.2. The largest absolute Gasteiger partial charge is 0.342 e. The van der Waals surface area contributed by atoms with Crippen LogP contribution in [0.15, 0.2) is 18.7 Å². The summed E-state index contributed by atoms with van der Waals surface area (Å²) in [6.07, 6.45) is 5.03. The van der Waals surface area contributed by atoms with Crippen LogP contribution in [0, 0.1) is 0 Å². The molecular weight excluding hydrogens is 366 g/mol. The minimum atomic E-state index is -0.490. The van der Waals surface area contributed by atoms with Crippen LogP contribution in [0.3, 0.4) is 0 Å². The molecule has 1 atom stereocenters. The zero-order chi connectivity index (χ0) is 13.5. The molecule has 18 heavy (non-hydrogen) atoms. The van der Waals surface area contributed by atoms with Crippen molar-refractivity contribution in [3.63, 3.8) is 0 Å². The van der Waals surface area contributed by atoms with Crippen LogP contribution in [0.1, 0.15) is 30.1 Å². The predicted octanol–water partition coefficient (Wildman–Crippen LogP) is 2.06. The maximum atomic E-state index is 11.8. The fourth-order valence-corrected chi connectivity index (χ4v) is 2.00. The van der Waals surface area contributed by atoms with Gasteiger partial charge in [0.2, 0.25) is 0 Å². The fourth-order valence-electron chi connectivity index (χ4n) is 1.36. The van der Waals surface area contributed by atoms with Crippen molar-refractivity contribution in [1.29, 1.82) is 0 Å². The van der Waals surface area contributed by atoms with Crippen LogP contribution < -0.4 is 5.32 Å². The Morgan fingerprint density at radius 2 is 1.94 bits per heavy atom. The average molecular weight is 379 g/mol. The third-order valence-corrected chi connectivity index (χ3v) is 2.93. The Hall–Kier alpha value is -0.820. The lowest BCUT2D eigenvalue weighted by Gasteiger charge is -2.16. The molecule has 7 heteroatoms. The number of aromatic nitrogens is 2. The molecule has 0 aliphatic carbocycles. The van der Waals surface area contributed by atoms with E-state index >= 15 is 0 Å². The van der Waals surface area contributed by atoms with Crippen LogP contribution in [-0.4, -0.2) is 31.4 Å². The molecule has 0 bridgehead atoms. The highest BCUT2D eigenvalue weighted by Crippen LogP contribution is 2.14. The molecule has 1 rings (SSSR count). The summed E-state index contributed by atoms with van der Waals surface area (Å²) in [5.41, 5.74) is 0.345. The van der Waals surface area contributed by atoms with Gasteiger partial charge in [-0.3, -0.25) is 9.59 Å². The normalized spacial score (nSPS) is 12.2. The van der Waals surface area contributed by atoms with E-state index in [1.807, 2.05) is 6.92 Å². The molecule has 1 aromatic rings. The molecule has 0 saturated heterocycles. The molecule has 98 valence electrons. The Kier molecular flexibility index (Phi) is 6.42. The van der Waals surface area contributed by atoms with E-state index in [2.05, 4.69) is 47.1 Å². The number of carbonyl (C=O) groups is 2. The molecule has 0 aliphatic rings. The Labute approximate surface area is 122 Å².